The zero-order valence-corrected chi connectivity index (χ0v) is 10.9. The van der Waals surface area contributed by atoms with Crippen molar-refractivity contribution in [2.24, 2.45) is 5.16 Å². The highest BCUT2D eigenvalue weighted by Gasteiger charge is 2.29. The van der Waals surface area contributed by atoms with E-state index in [-0.39, 0.29) is 5.60 Å². The van der Waals surface area contributed by atoms with Crippen LogP contribution in [0, 0.1) is 0 Å². The van der Waals surface area contributed by atoms with E-state index in [0.717, 1.165) is 27.4 Å². The lowest BCUT2D eigenvalue weighted by Crippen LogP contribution is -2.18. The van der Waals surface area contributed by atoms with E-state index in [0.29, 0.717) is 0 Å². The maximum atomic E-state index is 5.27. The Kier molecular flexibility index (Phi) is 3.06. The van der Waals surface area contributed by atoms with Crippen molar-refractivity contribution < 1.29 is 9.36 Å². The Labute approximate surface area is 101 Å². The molecule has 0 unspecified atom stereocenters. The van der Waals surface area contributed by atoms with E-state index in [1.807, 2.05) is 13.8 Å². The normalized spacial score (nSPS) is 18.7. The van der Waals surface area contributed by atoms with Crippen LogP contribution in [0.3, 0.4) is 0 Å². The number of aromatic nitrogens is 1. The van der Waals surface area contributed by atoms with Gasteiger partial charge >= 0.3 is 0 Å². The maximum absolute atomic E-state index is 5.27. The number of halogens is 1. The van der Waals surface area contributed by atoms with E-state index in [1.165, 1.54) is 0 Å². The van der Waals surface area contributed by atoms with E-state index < -0.39 is 0 Å². The van der Waals surface area contributed by atoms with Crippen LogP contribution in [0.5, 0.6) is 0 Å². The summed E-state index contributed by atoms with van der Waals surface area (Å²) in [5.41, 5.74) is 0.876. The van der Waals surface area contributed by atoms with Crippen LogP contribution in [0.15, 0.2) is 20.5 Å². The summed E-state index contributed by atoms with van der Waals surface area (Å²) in [4.78, 5) is 5.27. The van der Waals surface area contributed by atoms with Crippen molar-refractivity contribution in [3.8, 4) is 0 Å². The summed E-state index contributed by atoms with van der Waals surface area (Å²) in [6, 6.07) is 0. The Morgan fingerprint density at radius 2 is 2.40 bits per heavy atom. The van der Waals surface area contributed by atoms with Crippen LogP contribution >= 0.6 is 27.7 Å². The van der Waals surface area contributed by atoms with Crippen molar-refractivity contribution in [2.45, 2.75) is 31.6 Å². The lowest BCUT2D eigenvalue weighted by atomic mass is 10.1. The Balaban J connectivity index is 1.88. The lowest BCUT2D eigenvalue weighted by Gasteiger charge is -2.12. The van der Waals surface area contributed by atoms with Gasteiger partial charge in [-0.1, -0.05) is 10.3 Å². The lowest BCUT2D eigenvalue weighted by molar-refractivity contribution is 0.0123. The average molecular weight is 291 g/mol. The second-order valence-electron chi connectivity index (χ2n) is 3.93. The number of thioether (sulfide) groups is 1. The predicted molar refractivity (Wildman–Crippen MR) is 62.7 cm³/mol. The van der Waals surface area contributed by atoms with Gasteiger partial charge in [0.15, 0.2) is 4.60 Å². The highest BCUT2D eigenvalue weighted by Crippen LogP contribution is 2.30. The first-order valence-electron chi connectivity index (χ1n) is 4.53. The van der Waals surface area contributed by atoms with Crippen LogP contribution in [0.1, 0.15) is 25.8 Å². The van der Waals surface area contributed by atoms with E-state index in [2.05, 4.69) is 26.2 Å². The molecule has 6 heteroatoms. The molecule has 0 N–H and O–H groups in total. The molecule has 15 heavy (non-hydrogen) atoms. The minimum Gasteiger partial charge on any atom is -0.389 e. The summed E-state index contributed by atoms with van der Waals surface area (Å²) in [5.74, 6) is 0.794. The molecule has 0 aromatic carbocycles. The molecule has 0 spiro atoms. The molecule has 2 heterocycles. The Hall–Kier alpha value is -0.490. The Bertz CT molecular complexity index is 389. The van der Waals surface area contributed by atoms with Gasteiger partial charge in [-0.05, 0) is 29.8 Å². The second kappa shape index (κ2) is 4.17. The topological polar surface area (TPSA) is 47.6 Å². The minimum absolute atomic E-state index is 0.159. The summed E-state index contributed by atoms with van der Waals surface area (Å²) in [7, 11) is 0. The second-order valence-corrected chi connectivity index (χ2v) is 5.73. The van der Waals surface area contributed by atoms with Crippen molar-refractivity contribution in [3.05, 3.63) is 16.4 Å². The summed E-state index contributed by atoms with van der Waals surface area (Å²) in [5, 5.41) is 8.80. The van der Waals surface area contributed by atoms with Gasteiger partial charge in [0.25, 0.3) is 0 Å². The first-order chi connectivity index (χ1) is 7.07. The molecule has 0 saturated heterocycles. The van der Waals surface area contributed by atoms with Gasteiger partial charge in [-0.2, -0.15) is 0 Å². The fourth-order valence-corrected chi connectivity index (χ4v) is 2.75. The van der Waals surface area contributed by atoms with Gasteiger partial charge in [0.05, 0.1) is 0 Å². The molecule has 0 aliphatic carbocycles. The summed E-state index contributed by atoms with van der Waals surface area (Å²) < 4.78 is 5.58. The van der Waals surface area contributed by atoms with Crippen LogP contribution in [0.4, 0.5) is 0 Å². The number of hydrogen-bond acceptors (Lipinski definition) is 5. The van der Waals surface area contributed by atoms with Crippen molar-refractivity contribution in [3.63, 3.8) is 0 Å². The maximum Gasteiger partial charge on any atom is 0.153 e. The predicted octanol–water partition coefficient (Wildman–Crippen LogP) is 3.18. The average Bonchev–Trinajstić information content (AvgIpc) is 2.69. The van der Waals surface area contributed by atoms with Gasteiger partial charge < -0.3 is 9.36 Å². The molecule has 1 aliphatic heterocycles. The van der Waals surface area contributed by atoms with Gasteiger partial charge in [0, 0.05) is 17.7 Å². The number of rotatable bonds is 2. The van der Waals surface area contributed by atoms with Gasteiger partial charge in [-0.25, -0.2) is 0 Å². The molecule has 1 aromatic rings. The molecule has 4 nitrogen and oxygen atoms in total. The first-order valence-corrected chi connectivity index (χ1v) is 6.31. The molecule has 0 atom stereocenters. The number of nitrogens with zero attached hydrogens (tertiary/aromatic N) is 2. The number of oxime groups is 1. The summed E-state index contributed by atoms with van der Waals surface area (Å²) >= 11 is 4.96. The molecule has 0 amide bonds. The van der Waals surface area contributed by atoms with Crippen LogP contribution in [0.25, 0.3) is 0 Å². The quantitative estimate of drug-likeness (QED) is 0.839. The molecule has 1 aliphatic rings. The molecule has 0 bridgehead atoms. The van der Waals surface area contributed by atoms with Crippen molar-refractivity contribution in [2.75, 3.05) is 0 Å². The fraction of sp³-hybridized carbons (Fsp3) is 0.556. The third kappa shape index (κ3) is 2.75. The van der Waals surface area contributed by atoms with Gasteiger partial charge in [0.2, 0.25) is 0 Å². The fourth-order valence-electron chi connectivity index (χ4n) is 1.18. The summed E-state index contributed by atoms with van der Waals surface area (Å²) in [6.07, 6.45) is 2.50. The third-order valence-corrected chi connectivity index (χ3v) is 3.62. The Morgan fingerprint density at radius 1 is 1.60 bits per heavy atom. The first kappa shape index (κ1) is 11.0. The molecule has 0 saturated carbocycles. The van der Waals surface area contributed by atoms with Crippen LogP contribution in [-0.2, 0) is 10.6 Å². The Morgan fingerprint density at radius 3 is 2.93 bits per heavy atom. The zero-order valence-electron chi connectivity index (χ0n) is 8.49. The summed E-state index contributed by atoms with van der Waals surface area (Å²) in [6.45, 7) is 4.05. The molecule has 82 valence electrons. The largest absolute Gasteiger partial charge is 0.389 e. The van der Waals surface area contributed by atoms with Crippen molar-refractivity contribution in [1.29, 1.82) is 0 Å². The monoisotopic (exact) mass is 290 g/mol. The van der Waals surface area contributed by atoms with Crippen LogP contribution < -0.4 is 0 Å². The van der Waals surface area contributed by atoms with Crippen LogP contribution in [0.2, 0.25) is 0 Å². The molecular weight excluding hydrogens is 280 g/mol. The minimum atomic E-state index is -0.159. The van der Waals surface area contributed by atoms with Gasteiger partial charge in [0.1, 0.15) is 16.9 Å². The molecule has 1 aromatic heterocycles. The number of hydrogen-bond donors (Lipinski definition) is 0. The van der Waals surface area contributed by atoms with Crippen molar-refractivity contribution >= 4 is 32.7 Å². The zero-order chi connectivity index (χ0) is 10.9. The van der Waals surface area contributed by atoms with Crippen molar-refractivity contribution in [1.82, 2.24) is 5.16 Å². The smallest absolute Gasteiger partial charge is 0.153 e. The SMILES string of the molecule is CC1(C)CC(SCc2conc2Br)=NO1. The highest BCUT2D eigenvalue weighted by atomic mass is 79.9. The van der Waals surface area contributed by atoms with E-state index in [1.54, 1.807) is 18.0 Å². The van der Waals surface area contributed by atoms with Gasteiger partial charge in [-0.3, -0.25) is 0 Å². The van der Waals surface area contributed by atoms with E-state index in [4.69, 9.17) is 9.36 Å². The van der Waals surface area contributed by atoms with Crippen LogP contribution in [-0.4, -0.2) is 15.8 Å². The highest BCUT2D eigenvalue weighted by molar-refractivity contribution is 9.10. The molecule has 2 rings (SSSR count). The molecular formula is C9H11BrN2O2S. The standard InChI is InChI=1S/C9H11BrN2O2S/c1-9(2)3-7(11-14-9)15-5-6-4-13-12-8(6)10/h4H,3,5H2,1-2H3. The molecule has 0 radical (unpaired) electrons. The van der Waals surface area contributed by atoms with E-state index >= 15 is 0 Å². The van der Waals surface area contributed by atoms with E-state index in [9.17, 15) is 0 Å². The third-order valence-electron chi connectivity index (χ3n) is 1.96. The van der Waals surface area contributed by atoms with Gasteiger partial charge in [-0.15, -0.1) is 11.8 Å². The molecule has 0 fully saturated rings.